The molecule has 1 aromatic rings. The van der Waals surface area contributed by atoms with Crippen LogP contribution in [0.1, 0.15) is 37.8 Å². The van der Waals surface area contributed by atoms with Gasteiger partial charge in [-0.25, -0.2) is 0 Å². The summed E-state index contributed by atoms with van der Waals surface area (Å²) in [4.78, 5) is 0. The smallest absolute Gasteiger partial charge is 0.124 e. The Morgan fingerprint density at radius 1 is 1.33 bits per heavy atom. The molecule has 1 aliphatic carbocycles. The standard InChI is InChI=1S/C14H21NO3/c1-9(12-6-5-11(17)7-14(12)18)15-13-4-2-3-10(13)8-16/h5-7,9-10,13,15-18H,2-4,8H2,1H3. The van der Waals surface area contributed by atoms with E-state index in [2.05, 4.69) is 5.32 Å². The van der Waals surface area contributed by atoms with Crippen molar-refractivity contribution >= 4 is 0 Å². The first-order valence-electron chi connectivity index (χ1n) is 6.50. The van der Waals surface area contributed by atoms with E-state index in [-0.39, 0.29) is 24.1 Å². The summed E-state index contributed by atoms with van der Waals surface area (Å²) in [7, 11) is 0. The van der Waals surface area contributed by atoms with Crippen molar-refractivity contribution in [1.82, 2.24) is 5.32 Å². The van der Waals surface area contributed by atoms with Crippen LogP contribution in [0.25, 0.3) is 0 Å². The van der Waals surface area contributed by atoms with E-state index in [0.29, 0.717) is 12.0 Å². The summed E-state index contributed by atoms with van der Waals surface area (Å²) in [6.07, 6.45) is 3.26. The predicted octanol–water partition coefficient (Wildman–Crippen LogP) is 1.91. The van der Waals surface area contributed by atoms with E-state index in [0.717, 1.165) is 24.8 Å². The van der Waals surface area contributed by atoms with Crippen molar-refractivity contribution < 1.29 is 15.3 Å². The molecule has 3 unspecified atom stereocenters. The number of nitrogens with one attached hydrogen (secondary N) is 1. The highest BCUT2D eigenvalue weighted by molar-refractivity contribution is 5.40. The zero-order valence-corrected chi connectivity index (χ0v) is 10.6. The lowest BCUT2D eigenvalue weighted by Crippen LogP contribution is -2.35. The van der Waals surface area contributed by atoms with E-state index in [4.69, 9.17) is 0 Å². The molecular formula is C14H21NO3. The summed E-state index contributed by atoms with van der Waals surface area (Å²) in [6, 6.07) is 4.96. The Labute approximate surface area is 107 Å². The van der Waals surface area contributed by atoms with Gasteiger partial charge in [-0.15, -0.1) is 0 Å². The van der Waals surface area contributed by atoms with Crippen molar-refractivity contribution in [1.29, 1.82) is 0 Å². The van der Waals surface area contributed by atoms with Gasteiger partial charge in [-0.2, -0.15) is 0 Å². The number of aromatic hydroxyl groups is 2. The lowest BCUT2D eigenvalue weighted by atomic mass is 10.0. The molecule has 1 aliphatic rings. The van der Waals surface area contributed by atoms with Gasteiger partial charge in [0.1, 0.15) is 11.5 Å². The van der Waals surface area contributed by atoms with Gasteiger partial charge in [0.25, 0.3) is 0 Å². The average molecular weight is 251 g/mol. The minimum atomic E-state index is 0.00255. The van der Waals surface area contributed by atoms with Crippen LogP contribution in [0.5, 0.6) is 11.5 Å². The van der Waals surface area contributed by atoms with Gasteiger partial charge in [0.15, 0.2) is 0 Å². The largest absolute Gasteiger partial charge is 0.508 e. The third-order valence-electron chi connectivity index (χ3n) is 3.84. The van der Waals surface area contributed by atoms with Crippen LogP contribution in [-0.4, -0.2) is 28.0 Å². The quantitative estimate of drug-likeness (QED) is 0.659. The second-order valence-electron chi connectivity index (χ2n) is 5.11. The molecule has 4 heteroatoms. The van der Waals surface area contributed by atoms with Crippen molar-refractivity contribution in [2.24, 2.45) is 5.92 Å². The third-order valence-corrected chi connectivity index (χ3v) is 3.84. The van der Waals surface area contributed by atoms with Crippen LogP contribution in [0.15, 0.2) is 18.2 Å². The van der Waals surface area contributed by atoms with Gasteiger partial charge in [-0.1, -0.05) is 12.5 Å². The number of phenols is 2. The molecule has 3 atom stereocenters. The molecule has 100 valence electrons. The van der Waals surface area contributed by atoms with Crippen molar-refractivity contribution in [2.45, 2.75) is 38.3 Å². The van der Waals surface area contributed by atoms with Gasteiger partial charge >= 0.3 is 0 Å². The van der Waals surface area contributed by atoms with Crippen LogP contribution in [0.4, 0.5) is 0 Å². The highest BCUT2D eigenvalue weighted by atomic mass is 16.3. The number of rotatable bonds is 4. The SMILES string of the molecule is CC(NC1CCCC1CO)c1ccc(O)cc1O. The van der Waals surface area contributed by atoms with E-state index >= 15 is 0 Å². The van der Waals surface area contributed by atoms with E-state index in [1.54, 1.807) is 12.1 Å². The molecule has 0 spiro atoms. The summed E-state index contributed by atoms with van der Waals surface area (Å²) >= 11 is 0. The molecular weight excluding hydrogens is 230 g/mol. The van der Waals surface area contributed by atoms with Crippen molar-refractivity contribution in [3.8, 4) is 11.5 Å². The fourth-order valence-corrected chi connectivity index (χ4v) is 2.78. The molecule has 0 saturated heterocycles. The number of aliphatic hydroxyl groups is 1. The van der Waals surface area contributed by atoms with Gasteiger partial charge in [0, 0.05) is 30.3 Å². The summed E-state index contributed by atoms with van der Waals surface area (Å²) in [5.41, 5.74) is 0.774. The second-order valence-corrected chi connectivity index (χ2v) is 5.11. The lowest BCUT2D eigenvalue weighted by Gasteiger charge is -2.24. The molecule has 0 radical (unpaired) electrons. The fraction of sp³-hybridized carbons (Fsp3) is 0.571. The third kappa shape index (κ3) is 2.76. The first-order chi connectivity index (χ1) is 8.61. The van der Waals surface area contributed by atoms with Crippen LogP contribution < -0.4 is 5.32 Å². The highest BCUT2D eigenvalue weighted by Gasteiger charge is 2.28. The fourth-order valence-electron chi connectivity index (χ4n) is 2.78. The molecule has 0 bridgehead atoms. The van der Waals surface area contributed by atoms with Crippen LogP contribution in [0.2, 0.25) is 0 Å². The lowest BCUT2D eigenvalue weighted by molar-refractivity contribution is 0.200. The maximum atomic E-state index is 9.81. The number of aliphatic hydroxyl groups excluding tert-OH is 1. The van der Waals surface area contributed by atoms with Crippen LogP contribution in [0.3, 0.4) is 0 Å². The average Bonchev–Trinajstić information content (AvgIpc) is 2.76. The van der Waals surface area contributed by atoms with E-state index in [1.165, 1.54) is 6.07 Å². The molecule has 4 N–H and O–H groups in total. The van der Waals surface area contributed by atoms with E-state index in [9.17, 15) is 15.3 Å². The molecule has 0 heterocycles. The number of benzene rings is 1. The molecule has 0 aromatic heterocycles. The predicted molar refractivity (Wildman–Crippen MR) is 69.5 cm³/mol. The zero-order chi connectivity index (χ0) is 13.1. The monoisotopic (exact) mass is 251 g/mol. The molecule has 1 fully saturated rings. The Bertz CT molecular complexity index is 408. The molecule has 18 heavy (non-hydrogen) atoms. The summed E-state index contributed by atoms with van der Waals surface area (Å²) in [5.74, 6) is 0.484. The van der Waals surface area contributed by atoms with Crippen LogP contribution in [0, 0.1) is 5.92 Å². The number of hydrogen-bond acceptors (Lipinski definition) is 4. The molecule has 1 aromatic carbocycles. The maximum Gasteiger partial charge on any atom is 0.124 e. The van der Waals surface area contributed by atoms with Crippen LogP contribution >= 0.6 is 0 Å². The summed E-state index contributed by atoms with van der Waals surface area (Å²) in [6.45, 7) is 2.20. The van der Waals surface area contributed by atoms with Gasteiger partial charge in [-0.05, 0) is 31.7 Å². The summed E-state index contributed by atoms with van der Waals surface area (Å²) < 4.78 is 0. The zero-order valence-electron chi connectivity index (χ0n) is 10.6. The topological polar surface area (TPSA) is 72.7 Å². The number of hydrogen-bond donors (Lipinski definition) is 4. The normalized spacial score (nSPS) is 25.2. The Hall–Kier alpha value is -1.26. The molecule has 1 saturated carbocycles. The van der Waals surface area contributed by atoms with Gasteiger partial charge in [0.05, 0.1) is 0 Å². The van der Waals surface area contributed by atoms with Gasteiger partial charge < -0.3 is 20.6 Å². The highest BCUT2D eigenvalue weighted by Crippen LogP contribution is 2.31. The first kappa shape index (κ1) is 13.2. The first-order valence-corrected chi connectivity index (χ1v) is 6.50. The van der Waals surface area contributed by atoms with Gasteiger partial charge in [0.2, 0.25) is 0 Å². The minimum absolute atomic E-state index is 0.00255. The van der Waals surface area contributed by atoms with Crippen molar-refractivity contribution in [3.05, 3.63) is 23.8 Å². The molecule has 0 amide bonds. The van der Waals surface area contributed by atoms with Crippen molar-refractivity contribution in [3.63, 3.8) is 0 Å². The van der Waals surface area contributed by atoms with Crippen LogP contribution in [-0.2, 0) is 0 Å². The molecule has 0 aliphatic heterocycles. The van der Waals surface area contributed by atoms with E-state index in [1.807, 2.05) is 6.92 Å². The summed E-state index contributed by atoms with van der Waals surface area (Å²) in [5, 5.41) is 31.8. The minimum Gasteiger partial charge on any atom is -0.508 e. The van der Waals surface area contributed by atoms with Gasteiger partial charge in [-0.3, -0.25) is 0 Å². The Morgan fingerprint density at radius 2 is 2.11 bits per heavy atom. The maximum absolute atomic E-state index is 9.81. The van der Waals surface area contributed by atoms with E-state index < -0.39 is 0 Å². The Kier molecular flexibility index (Phi) is 4.09. The van der Waals surface area contributed by atoms with Crippen molar-refractivity contribution in [2.75, 3.05) is 6.61 Å². The number of phenolic OH excluding ortho intramolecular Hbond substituents is 2. The Morgan fingerprint density at radius 3 is 2.78 bits per heavy atom. The molecule has 2 rings (SSSR count). The molecule has 4 nitrogen and oxygen atoms in total. The Balaban J connectivity index is 2.05. The second kappa shape index (κ2) is 5.59.